The average Bonchev–Trinajstić information content (AvgIpc) is 2.45. The minimum absolute atomic E-state index is 0.362. The average molecular weight is 319 g/mol. The molecule has 0 aliphatic rings. The van der Waals surface area contributed by atoms with Gasteiger partial charge in [-0.3, -0.25) is 4.72 Å². The van der Waals surface area contributed by atoms with E-state index in [0.717, 1.165) is 22.3 Å². The third-order valence-corrected chi connectivity index (χ3v) is 5.56. The van der Waals surface area contributed by atoms with Crippen molar-refractivity contribution in [3.8, 4) is 5.75 Å². The van der Waals surface area contributed by atoms with Crippen LogP contribution in [0, 0.1) is 27.7 Å². The number of ether oxygens (including phenoxy) is 1. The Morgan fingerprint density at radius 1 is 0.909 bits per heavy atom. The summed E-state index contributed by atoms with van der Waals surface area (Å²) in [5.41, 5.74) is 4.02. The van der Waals surface area contributed by atoms with E-state index in [1.54, 1.807) is 31.4 Å². The van der Waals surface area contributed by atoms with E-state index in [2.05, 4.69) is 4.72 Å². The molecule has 22 heavy (non-hydrogen) atoms. The second-order valence-corrected chi connectivity index (χ2v) is 7.04. The van der Waals surface area contributed by atoms with E-state index >= 15 is 0 Å². The third-order valence-electron chi connectivity index (χ3n) is 3.91. The lowest BCUT2D eigenvalue weighted by Gasteiger charge is -2.16. The first-order valence-corrected chi connectivity index (χ1v) is 8.49. The Bertz CT molecular complexity index is 767. The molecule has 118 valence electrons. The van der Waals surface area contributed by atoms with Crippen LogP contribution in [0.5, 0.6) is 5.75 Å². The summed E-state index contributed by atoms with van der Waals surface area (Å²) in [7, 11) is -2.06. The summed E-state index contributed by atoms with van der Waals surface area (Å²) < 4.78 is 33.2. The molecule has 0 spiro atoms. The van der Waals surface area contributed by atoms with Gasteiger partial charge in [-0.05, 0) is 74.2 Å². The molecule has 0 unspecified atom stereocenters. The summed E-state index contributed by atoms with van der Waals surface area (Å²) in [6, 6.07) is 8.82. The van der Waals surface area contributed by atoms with Gasteiger partial charge < -0.3 is 4.74 Å². The normalized spacial score (nSPS) is 11.3. The molecule has 0 aliphatic carbocycles. The van der Waals surface area contributed by atoms with Crippen molar-refractivity contribution in [1.29, 1.82) is 0 Å². The molecular weight excluding hydrogens is 298 g/mol. The van der Waals surface area contributed by atoms with Gasteiger partial charge in [0, 0.05) is 5.69 Å². The van der Waals surface area contributed by atoms with Crippen LogP contribution in [0.4, 0.5) is 5.69 Å². The maximum absolute atomic E-state index is 12.8. The molecule has 0 bridgehead atoms. The minimum Gasteiger partial charge on any atom is -0.497 e. The number of hydrogen-bond donors (Lipinski definition) is 1. The summed E-state index contributed by atoms with van der Waals surface area (Å²) >= 11 is 0. The van der Waals surface area contributed by atoms with Crippen molar-refractivity contribution < 1.29 is 13.2 Å². The topological polar surface area (TPSA) is 55.4 Å². The summed E-state index contributed by atoms with van der Waals surface area (Å²) in [5.74, 6) is 0.682. The lowest BCUT2D eigenvalue weighted by atomic mass is 10.0. The second kappa shape index (κ2) is 6.01. The SMILES string of the molecule is COc1ccc(NS(=O)(=O)c2c(C)c(C)cc(C)c2C)cc1. The lowest BCUT2D eigenvalue weighted by molar-refractivity contribution is 0.415. The van der Waals surface area contributed by atoms with Crippen LogP contribution in [-0.2, 0) is 10.0 Å². The fourth-order valence-corrected chi connectivity index (χ4v) is 4.13. The van der Waals surface area contributed by atoms with E-state index in [1.807, 2.05) is 33.8 Å². The molecule has 0 heterocycles. The van der Waals surface area contributed by atoms with Gasteiger partial charge in [0.15, 0.2) is 0 Å². The fourth-order valence-electron chi connectivity index (χ4n) is 2.45. The molecule has 2 aromatic carbocycles. The number of methoxy groups -OCH3 is 1. The summed E-state index contributed by atoms with van der Waals surface area (Å²) in [6.45, 7) is 7.52. The highest BCUT2D eigenvalue weighted by Gasteiger charge is 2.22. The molecule has 0 aromatic heterocycles. The van der Waals surface area contributed by atoms with Crippen molar-refractivity contribution >= 4 is 15.7 Å². The Labute approximate surface area is 132 Å². The van der Waals surface area contributed by atoms with Gasteiger partial charge in [0.05, 0.1) is 12.0 Å². The quantitative estimate of drug-likeness (QED) is 0.934. The van der Waals surface area contributed by atoms with Gasteiger partial charge in [0.1, 0.15) is 5.75 Å². The standard InChI is InChI=1S/C17H21NO3S/c1-11-10-12(2)14(4)17(13(11)3)22(19,20)18-15-6-8-16(21-5)9-7-15/h6-10,18H,1-5H3. The van der Waals surface area contributed by atoms with Crippen LogP contribution in [0.3, 0.4) is 0 Å². The Morgan fingerprint density at radius 2 is 1.41 bits per heavy atom. The Hall–Kier alpha value is -2.01. The zero-order valence-corrected chi connectivity index (χ0v) is 14.3. The first kappa shape index (κ1) is 16.4. The van der Waals surface area contributed by atoms with E-state index in [-0.39, 0.29) is 0 Å². The van der Waals surface area contributed by atoms with Crippen LogP contribution < -0.4 is 9.46 Å². The molecule has 2 aromatic rings. The van der Waals surface area contributed by atoms with E-state index < -0.39 is 10.0 Å². The summed E-state index contributed by atoms with van der Waals surface area (Å²) in [4.78, 5) is 0.362. The Kier molecular flexibility index (Phi) is 4.47. The minimum atomic E-state index is -3.63. The van der Waals surface area contributed by atoms with Gasteiger partial charge in [-0.15, -0.1) is 0 Å². The van der Waals surface area contributed by atoms with Gasteiger partial charge in [-0.2, -0.15) is 0 Å². The zero-order chi connectivity index (χ0) is 16.5. The first-order chi connectivity index (χ1) is 10.3. The molecular formula is C17H21NO3S. The van der Waals surface area contributed by atoms with E-state index in [1.165, 1.54) is 0 Å². The number of hydrogen-bond acceptors (Lipinski definition) is 3. The maximum atomic E-state index is 12.8. The van der Waals surface area contributed by atoms with Crippen molar-refractivity contribution in [3.05, 3.63) is 52.6 Å². The van der Waals surface area contributed by atoms with Gasteiger partial charge in [-0.1, -0.05) is 6.07 Å². The summed E-state index contributed by atoms with van der Waals surface area (Å²) in [5, 5.41) is 0. The third kappa shape index (κ3) is 3.09. The Balaban J connectivity index is 2.46. The van der Waals surface area contributed by atoms with Crippen molar-refractivity contribution in [3.63, 3.8) is 0 Å². The van der Waals surface area contributed by atoms with Crippen molar-refractivity contribution in [2.24, 2.45) is 0 Å². The molecule has 0 radical (unpaired) electrons. The van der Waals surface area contributed by atoms with Gasteiger partial charge in [0.25, 0.3) is 10.0 Å². The van der Waals surface area contributed by atoms with Gasteiger partial charge >= 0.3 is 0 Å². The lowest BCUT2D eigenvalue weighted by Crippen LogP contribution is -2.17. The molecule has 0 saturated carbocycles. The molecule has 2 rings (SSSR count). The maximum Gasteiger partial charge on any atom is 0.262 e. The highest BCUT2D eigenvalue weighted by molar-refractivity contribution is 7.92. The molecule has 0 saturated heterocycles. The van der Waals surface area contributed by atoms with Crippen LogP contribution in [0.1, 0.15) is 22.3 Å². The Morgan fingerprint density at radius 3 is 1.86 bits per heavy atom. The summed E-state index contributed by atoms with van der Waals surface area (Å²) in [6.07, 6.45) is 0. The predicted molar refractivity (Wildman–Crippen MR) is 89.2 cm³/mol. The van der Waals surface area contributed by atoms with Gasteiger partial charge in [0.2, 0.25) is 0 Å². The molecule has 0 amide bonds. The van der Waals surface area contributed by atoms with Crippen LogP contribution in [0.15, 0.2) is 35.2 Å². The van der Waals surface area contributed by atoms with E-state index in [4.69, 9.17) is 4.74 Å². The molecule has 4 nitrogen and oxygen atoms in total. The van der Waals surface area contributed by atoms with Crippen molar-refractivity contribution in [2.75, 3.05) is 11.8 Å². The zero-order valence-electron chi connectivity index (χ0n) is 13.5. The number of sulfonamides is 1. The predicted octanol–water partition coefficient (Wildman–Crippen LogP) is 3.73. The van der Waals surface area contributed by atoms with Crippen LogP contribution in [-0.4, -0.2) is 15.5 Å². The smallest absolute Gasteiger partial charge is 0.262 e. The van der Waals surface area contributed by atoms with Crippen molar-refractivity contribution in [1.82, 2.24) is 0 Å². The fraction of sp³-hybridized carbons (Fsp3) is 0.294. The van der Waals surface area contributed by atoms with Crippen molar-refractivity contribution in [2.45, 2.75) is 32.6 Å². The number of anilines is 1. The molecule has 1 N–H and O–H groups in total. The van der Waals surface area contributed by atoms with E-state index in [9.17, 15) is 8.42 Å². The largest absolute Gasteiger partial charge is 0.497 e. The van der Waals surface area contributed by atoms with Gasteiger partial charge in [-0.25, -0.2) is 8.42 Å². The number of benzene rings is 2. The molecule has 0 fully saturated rings. The number of aryl methyl sites for hydroxylation is 2. The highest BCUT2D eigenvalue weighted by atomic mass is 32.2. The molecule has 0 aliphatic heterocycles. The highest BCUT2D eigenvalue weighted by Crippen LogP contribution is 2.28. The first-order valence-electron chi connectivity index (χ1n) is 7.00. The van der Waals surface area contributed by atoms with Crippen LogP contribution >= 0.6 is 0 Å². The number of rotatable bonds is 4. The molecule has 5 heteroatoms. The second-order valence-electron chi connectivity index (χ2n) is 5.42. The van der Waals surface area contributed by atoms with E-state index in [0.29, 0.717) is 16.3 Å². The monoisotopic (exact) mass is 319 g/mol. The molecule has 0 atom stereocenters. The van der Waals surface area contributed by atoms with Crippen LogP contribution in [0.25, 0.3) is 0 Å². The number of nitrogens with one attached hydrogen (secondary N) is 1. The van der Waals surface area contributed by atoms with Crippen LogP contribution in [0.2, 0.25) is 0 Å².